The molecule has 1 aromatic rings. The SMILES string of the molecule is COc1cc(C(=O)O)cc(OC)c1OC(=O)OCC1(C)C=CC=C(N(C)C)C1. The molecule has 0 saturated heterocycles. The van der Waals surface area contributed by atoms with Crippen LogP contribution in [0.25, 0.3) is 0 Å². The van der Waals surface area contributed by atoms with Crippen LogP contribution in [0, 0.1) is 5.41 Å². The number of carboxylic acid groups (broad SMARTS) is 1. The van der Waals surface area contributed by atoms with Crippen LogP contribution in [0.15, 0.2) is 36.1 Å². The van der Waals surface area contributed by atoms with E-state index < -0.39 is 12.1 Å². The fourth-order valence-electron chi connectivity index (χ4n) is 2.77. The molecule has 0 amide bonds. The standard InChI is InChI=1S/C20H25NO7/c1-20(8-6-7-14(11-20)21(2)3)12-27-19(24)28-17-15(25-4)9-13(18(22)23)10-16(17)26-5/h6-10H,11-12H2,1-5H3,(H,22,23). The molecule has 1 unspecified atom stereocenters. The van der Waals surface area contributed by atoms with Gasteiger partial charge in [-0.25, -0.2) is 9.59 Å². The van der Waals surface area contributed by atoms with Crippen molar-refractivity contribution >= 4 is 12.1 Å². The van der Waals surface area contributed by atoms with E-state index in [0.717, 1.165) is 5.70 Å². The molecule has 0 heterocycles. The number of allylic oxidation sites excluding steroid dienone is 3. The van der Waals surface area contributed by atoms with Crippen LogP contribution in [-0.2, 0) is 4.74 Å². The highest BCUT2D eigenvalue weighted by Gasteiger charge is 2.28. The van der Waals surface area contributed by atoms with Crippen molar-refractivity contribution in [3.05, 3.63) is 41.6 Å². The maximum Gasteiger partial charge on any atom is 0.514 e. The summed E-state index contributed by atoms with van der Waals surface area (Å²) in [6.07, 6.45) is 5.71. The lowest BCUT2D eigenvalue weighted by Crippen LogP contribution is -2.29. The average Bonchev–Trinajstić information content (AvgIpc) is 2.66. The molecular formula is C20H25NO7. The van der Waals surface area contributed by atoms with Crippen LogP contribution >= 0.6 is 0 Å². The molecule has 8 heteroatoms. The molecule has 0 bridgehead atoms. The Morgan fingerprint density at radius 2 is 1.79 bits per heavy atom. The second kappa shape index (κ2) is 8.69. The van der Waals surface area contributed by atoms with Crippen molar-refractivity contribution in [2.75, 3.05) is 34.9 Å². The summed E-state index contributed by atoms with van der Waals surface area (Å²) in [4.78, 5) is 25.5. The predicted molar refractivity (Wildman–Crippen MR) is 102 cm³/mol. The third kappa shape index (κ3) is 4.97. The molecule has 1 aliphatic rings. The zero-order chi connectivity index (χ0) is 20.9. The van der Waals surface area contributed by atoms with E-state index in [1.807, 2.05) is 44.1 Å². The van der Waals surface area contributed by atoms with Gasteiger partial charge in [0.1, 0.15) is 6.61 Å². The van der Waals surface area contributed by atoms with Crippen LogP contribution in [-0.4, -0.2) is 57.1 Å². The first kappa shape index (κ1) is 21.1. The zero-order valence-electron chi connectivity index (χ0n) is 16.6. The van der Waals surface area contributed by atoms with E-state index in [9.17, 15) is 9.59 Å². The van der Waals surface area contributed by atoms with Crippen LogP contribution in [0.3, 0.4) is 0 Å². The fourth-order valence-corrected chi connectivity index (χ4v) is 2.77. The molecule has 0 aromatic heterocycles. The number of benzene rings is 1. The second-order valence-corrected chi connectivity index (χ2v) is 6.90. The van der Waals surface area contributed by atoms with E-state index in [-0.39, 0.29) is 34.8 Å². The summed E-state index contributed by atoms with van der Waals surface area (Å²) in [5.74, 6) is -1.10. The van der Waals surface area contributed by atoms with Crippen LogP contribution < -0.4 is 14.2 Å². The quantitative estimate of drug-likeness (QED) is 0.559. The third-order valence-corrected chi connectivity index (χ3v) is 4.36. The van der Waals surface area contributed by atoms with Gasteiger partial charge in [0.15, 0.2) is 11.5 Å². The lowest BCUT2D eigenvalue weighted by atomic mass is 9.83. The summed E-state index contributed by atoms with van der Waals surface area (Å²) >= 11 is 0. The van der Waals surface area contributed by atoms with Crippen molar-refractivity contribution in [3.63, 3.8) is 0 Å². The molecule has 2 rings (SSSR count). The van der Waals surface area contributed by atoms with Gasteiger partial charge in [0.05, 0.1) is 19.8 Å². The minimum atomic E-state index is -1.16. The number of carbonyl (C=O) groups is 2. The maximum absolute atomic E-state index is 12.2. The molecule has 0 fully saturated rings. The molecule has 1 atom stereocenters. The largest absolute Gasteiger partial charge is 0.514 e. The molecule has 152 valence electrons. The van der Waals surface area contributed by atoms with Crippen molar-refractivity contribution in [2.45, 2.75) is 13.3 Å². The van der Waals surface area contributed by atoms with Crippen LogP contribution in [0.5, 0.6) is 17.2 Å². The highest BCUT2D eigenvalue weighted by molar-refractivity contribution is 5.89. The van der Waals surface area contributed by atoms with Crippen molar-refractivity contribution in [1.82, 2.24) is 4.90 Å². The van der Waals surface area contributed by atoms with Gasteiger partial charge in [-0.05, 0) is 24.6 Å². The van der Waals surface area contributed by atoms with Gasteiger partial charge in [0.25, 0.3) is 0 Å². The van der Waals surface area contributed by atoms with E-state index in [2.05, 4.69) is 0 Å². The third-order valence-electron chi connectivity index (χ3n) is 4.36. The number of methoxy groups -OCH3 is 2. The lowest BCUT2D eigenvalue weighted by Gasteiger charge is -2.31. The van der Waals surface area contributed by atoms with Crippen LogP contribution in [0.1, 0.15) is 23.7 Å². The summed E-state index contributed by atoms with van der Waals surface area (Å²) in [6.45, 7) is 2.10. The van der Waals surface area contributed by atoms with E-state index in [0.29, 0.717) is 6.42 Å². The highest BCUT2D eigenvalue weighted by atomic mass is 16.7. The van der Waals surface area contributed by atoms with Crippen LogP contribution in [0.4, 0.5) is 4.79 Å². The topological polar surface area (TPSA) is 94.5 Å². The Morgan fingerprint density at radius 1 is 1.18 bits per heavy atom. The summed E-state index contributed by atoms with van der Waals surface area (Å²) in [7, 11) is 6.59. The van der Waals surface area contributed by atoms with Gasteiger partial charge in [-0.3, -0.25) is 0 Å². The number of ether oxygens (including phenoxy) is 4. The smallest absolute Gasteiger partial charge is 0.493 e. The number of rotatable bonds is 7. The monoisotopic (exact) mass is 391 g/mol. The summed E-state index contributed by atoms with van der Waals surface area (Å²) in [5, 5.41) is 9.16. The Kier molecular flexibility index (Phi) is 6.56. The average molecular weight is 391 g/mol. The zero-order valence-corrected chi connectivity index (χ0v) is 16.6. The van der Waals surface area contributed by atoms with E-state index in [4.69, 9.17) is 24.1 Å². The minimum absolute atomic E-state index is 0.0433. The number of nitrogens with zero attached hydrogens (tertiary/aromatic N) is 1. The van der Waals surface area contributed by atoms with Crippen molar-refractivity contribution < 1.29 is 33.6 Å². The Labute approximate surface area is 163 Å². The van der Waals surface area contributed by atoms with Gasteiger partial charge in [0, 0.05) is 25.2 Å². The maximum atomic E-state index is 12.2. The molecule has 0 radical (unpaired) electrons. The van der Waals surface area contributed by atoms with E-state index in [1.165, 1.54) is 26.4 Å². The van der Waals surface area contributed by atoms with Crippen molar-refractivity contribution in [3.8, 4) is 17.2 Å². The number of hydrogen-bond donors (Lipinski definition) is 1. The first-order chi connectivity index (χ1) is 13.2. The molecule has 1 N–H and O–H groups in total. The van der Waals surface area contributed by atoms with Crippen molar-refractivity contribution in [2.24, 2.45) is 5.41 Å². The fraction of sp³-hybridized carbons (Fsp3) is 0.400. The molecular weight excluding hydrogens is 366 g/mol. The first-order valence-electron chi connectivity index (χ1n) is 8.59. The number of aromatic carboxylic acids is 1. The Balaban J connectivity index is 2.10. The van der Waals surface area contributed by atoms with Gasteiger partial charge >= 0.3 is 12.1 Å². The predicted octanol–water partition coefficient (Wildman–Crippen LogP) is 3.33. The molecule has 0 aliphatic heterocycles. The van der Waals surface area contributed by atoms with Gasteiger partial charge in [-0.15, -0.1) is 0 Å². The number of carboxylic acids is 1. The highest BCUT2D eigenvalue weighted by Crippen LogP contribution is 2.39. The number of carbonyl (C=O) groups excluding carboxylic acids is 1. The van der Waals surface area contributed by atoms with Gasteiger partial charge in [-0.2, -0.15) is 0 Å². The number of hydrogen-bond acceptors (Lipinski definition) is 7. The van der Waals surface area contributed by atoms with Gasteiger partial charge < -0.3 is 29.0 Å². The van der Waals surface area contributed by atoms with E-state index in [1.54, 1.807) is 0 Å². The Hall–Kier alpha value is -3.16. The van der Waals surface area contributed by atoms with E-state index >= 15 is 0 Å². The summed E-state index contributed by atoms with van der Waals surface area (Å²) < 4.78 is 20.8. The minimum Gasteiger partial charge on any atom is -0.493 e. The molecule has 1 aromatic carbocycles. The Bertz CT molecular complexity index is 788. The summed E-state index contributed by atoms with van der Waals surface area (Å²) in [5.41, 5.74) is 0.696. The van der Waals surface area contributed by atoms with Crippen molar-refractivity contribution in [1.29, 1.82) is 0 Å². The normalized spacial score (nSPS) is 18.1. The lowest BCUT2D eigenvalue weighted by molar-refractivity contribution is 0.0677. The van der Waals surface area contributed by atoms with Crippen LogP contribution in [0.2, 0.25) is 0 Å². The molecule has 0 spiro atoms. The van der Waals surface area contributed by atoms with Gasteiger partial charge in [-0.1, -0.05) is 19.1 Å². The molecule has 1 aliphatic carbocycles. The molecule has 28 heavy (non-hydrogen) atoms. The first-order valence-corrected chi connectivity index (χ1v) is 8.59. The molecule has 8 nitrogen and oxygen atoms in total. The Morgan fingerprint density at radius 3 is 2.29 bits per heavy atom. The second-order valence-electron chi connectivity index (χ2n) is 6.90. The molecule has 0 saturated carbocycles. The summed E-state index contributed by atoms with van der Waals surface area (Å²) in [6, 6.07) is 2.49. The van der Waals surface area contributed by atoms with Gasteiger partial charge in [0.2, 0.25) is 5.75 Å².